The standard InChI is InChI=1S/C33H53FN4O15P2S/c1-5-6-7-8-9-10-11-12-13-14-23(40)46-15-21(34)28-18(2)19(3)29(48-20(4)39)33(50-28)52-54(43,44)53-55(45,56)47-16-22-26(41)27(42)30(49-22)25-24-31(51-38-25)32(35)37-17-36-24/h17-19,21-22,26-30,33,41-42H,5-16H2,1-4H3,(H,43,44)(H,45,56)(H2,35,36,37)/t18-,19?,21-,22+,26-,27?,28?,29+,30-,33-,55?/m0/s1. The van der Waals surface area contributed by atoms with Gasteiger partial charge in [-0.1, -0.05) is 77.3 Å². The average Bonchev–Trinajstić information content (AvgIpc) is 3.68. The molecule has 6 N–H and O–H groups in total. The van der Waals surface area contributed by atoms with E-state index in [9.17, 15) is 34.2 Å². The molecule has 19 nitrogen and oxygen atoms in total. The van der Waals surface area contributed by atoms with Gasteiger partial charge in [0.15, 0.2) is 18.1 Å². The largest absolute Gasteiger partial charge is 0.481 e. The molecular weight excluding hydrogens is 805 g/mol. The van der Waals surface area contributed by atoms with Crippen LogP contribution in [-0.2, 0) is 58.3 Å². The second kappa shape index (κ2) is 21.1. The third-order valence-electron chi connectivity index (χ3n) is 9.76. The second-order valence-corrected chi connectivity index (χ2v) is 18.4. The number of halogens is 1. The first-order chi connectivity index (χ1) is 26.4. The van der Waals surface area contributed by atoms with Gasteiger partial charge in [-0.3, -0.25) is 14.1 Å². The lowest BCUT2D eigenvalue weighted by Crippen LogP contribution is -2.55. The summed E-state index contributed by atoms with van der Waals surface area (Å²) in [5.41, 5.74) is 5.86. The molecule has 2 aromatic heterocycles. The molecule has 56 heavy (non-hydrogen) atoms. The molecule has 2 saturated heterocycles. The number of carbonyl (C=O) groups excluding carboxylic acids is 2. The number of aliphatic hydroxyl groups excluding tert-OH is 2. The Balaban J connectivity index is 1.31. The third kappa shape index (κ3) is 12.9. The number of aromatic nitrogens is 3. The molecule has 4 rings (SSSR count). The van der Waals surface area contributed by atoms with E-state index in [1.165, 1.54) is 25.7 Å². The van der Waals surface area contributed by atoms with Crippen LogP contribution in [0.5, 0.6) is 0 Å². The highest BCUT2D eigenvalue weighted by atomic mass is 32.5. The van der Waals surface area contributed by atoms with Crippen LogP contribution in [0.25, 0.3) is 11.1 Å². The Kier molecular flexibility index (Phi) is 17.5. The number of carbonyl (C=O) groups is 2. The summed E-state index contributed by atoms with van der Waals surface area (Å²) in [6.07, 6.45) is -1.66. The molecule has 0 amide bonds. The molecule has 5 unspecified atom stereocenters. The van der Waals surface area contributed by atoms with Crippen molar-refractivity contribution in [2.24, 2.45) is 11.8 Å². The molecular formula is C33H53FN4O15P2S. The molecule has 2 aromatic rings. The van der Waals surface area contributed by atoms with Gasteiger partial charge in [0.1, 0.15) is 48.6 Å². The number of nitrogen functional groups attached to an aromatic ring is 1. The number of ether oxygens (including phenoxy) is 4. The van der Waals surface area contributed by atoms with E-state index >= 15 is 4.39 Å². The number of hydrogen-bond acceptors (Lipinski definition) is 18. The van der Waals surface area contributed by atoms with Gasteiger partial charge in [0.2, 0.25) is 11.9 Å². The van der Waals surface area contributed by atoms with E-state index in [2.05, 4.69) is 22.0 Å². The van der Waals surface area contributed by atoms with Gasteiger partial charge in [-0.05, 0) is 24.1 Å². The molecule has 2 fully saturated rings. The zero-order valence-corrected chi connectivity index (χ0v) is 34.3. The number of rotatable bonds is 22. The van der Waals surface area contributed by atoms with E-state index < -0.39 is 101 Å². The van der Waals surface area contributed by atoms with E-state index in [1.807, 2.05) is 0 Å². The number of anilines is 1. The number of phosphoric acid groups is 1. The van der Waals surface area contributed by atoms with Crippen molar-refractivity contribution in [2.45, 2.75) is 141 Å². The highest BCUT2D eigenvalue weighted by molar-refractivity contribution is 8.08. The Hall–Kier alpha value is -2.26. The Morgan fingerprint density at radius 1 is 1.02 bits per heavy atom. The third-order valence-corrected chi connectivity index (χ3v) is 13.3. The van der Waals surface area contributed by atoms with Gasteiger partial charge in [0.05, 0.1) is 12.7 Å². The van der Waals surface area contributed by atoms with E-state index in [1.54, 1.807) is 13.8 Å². The Bertz CT molecular complexity index is 1700. The Morgan fingerprint density at radius 2 is 1.68 bits per heavy atom. The van der Waals surface area contributed by atoms with E-state index in [0.717, 1.165) is 38.9 Å². The maximum atomic E-state index is 15.6. The van der Waals surface area contributed by atoms with Gasteiger partial charge in [0.25, 0.3) is 0 Å². The molecule has 2 aliphatic heterocycles. The number of aliphatic hydroxyl groups is 2. The predicted molar refractivity (Wildman–Crippen MR) is 198 cm³/mol. The Labute approximate surface area is 328 Å². The van der Waals surface area contributed by atoms with Crippen LogP contribution in [0.15, 0.2) is 10.9 Å². The summed E-state index contributed by atoms with van der Waals surface area (Å²) in [6.45, 7) is 0.298. The van der Waals surface area contributed by atoms with Crippen molar-refractivity contribution < 1.29 is 75.4 Å². The number of alkyl halides is 1. The van der Waals surface area contributed by atoms with Crippen molar-refractivity contribution in [3.8, 4) is 0 Å². The summed E-state index contributed by atoms with van der Waals surface area (Å²) in [6, 6.07) is 0. The molecule has 0 aromatic carbocycles. The van der Waals surface area contributed by atoms with Gasteiger partial charge in [-0.15, -0.1) is 0 Å². The summed E-state index contributed by atoms with van der Waals surface area (Å²) in [4.78, 5) is 53.5. The number of nitrogens with two attached hydrogens (primary N) is 1. The number of hydrogen-bond donors (Lipinski definition) is 5. The van der Waals surface area contributed by atoms with Gasteiger partial charge >= 0.3 is 26.5 Å². The van der Waals surface area contributed by atoms with Gasteiger partial charge in [-0.25, -0.2) is 23.2 Å². The fourth-order valence-corrected chi connectivity index (χ4v) is 9.64. The first-order valence-corrected chi connectivity index (χ1v) is 22.7. The topological polar surface area (TPSA) is 275 Å². The highest BCUT2D eigenvalue weighted by Gasteiger charge is 2.51. The monoisotopic (exact) mass is 858 g/mol. The number of esters is 2. The molecule has 0 saturated carbocycles. The number of fused-ring (bicyclic) bond motifs is 1. The van der Waals surface area contributed by atoms with Crippen LogP contribution in [0.2, 0.25) is 0 Å². The average molecular weight is 859 g/mol. The molecule has 318 valence electrons. The zero-order chi connectivity index (χ0) is 41.2. The quantitative estimate of drug-likeness (QED) is 0.0621. The smallest absolute Gasteiger partial charge is 0.462 e. The lowest BCUT2D eigenvalue weighted by Gasteiger charge is -2.44. The summed E-state index contributed by atoms with van der Waals surface area (Å²) in [5, 5.41) is 25.1. The van der Waals surface area contributed by atoms with Gasteiger partial charge in [0, 0.05) is 19.3 Å². The van der Waals surface area contributed by atoms with Crippen LogP contribution in [0, 0.1) is 11.8 Å². The minimum Gasteiger partial charge on any atom is -0.462 e. The van der Waals surface area contributed by atoms with Crippen LogP contribution in [0.4, 0.5) is 10.2 Å². The lowest BCUT2D eigenvalue weighted by molar-refractivity contribution is -0.262. The zero-order valence-electron chi connectivity index (χ0n) is 31.7. The van der Waals surface area contributed by atoms with Crippen molar-refractivity contribution in [1.82, 2.24) is 15.1 Å². The first-order valence-electron chi connectivity index (χ1n) is 18.6. The van der Waals surface area contributed by atoms with E-state index in [-0.39, 0.29) is 29.0 Å². The van der Waals surface area contributed by atoms with Crippen molar-refractivity contribution in [1.29, 1.82) is 0 Å². The van der Waals surface area contributed by atoms with Crippen LogP contribution in [-0.4, -0.2) is 103 Å². The van der Waals surface area contributed by atoms with Crippen molar-refractivity contribution in [3.63, 3.8) is 0 Å². The van der Waals surface area contributed by atoms with Crippen molar-refractivity contribution in [3.05, 3.63) is 12.0 Å². The molecule has 0 bridgehead atoms. The molecule has 0 aliphatic carbocycles. The molecule has 4 heterocycles. The van der Waals surface area contributed by atoms with Crippen LogP contribution in [0.1, 0.15) is 104 Å². The van der Waals surface area contributed by atoms with Crippen LogP contribution >= 0.6 is 14.5 Å². The maximum absolute atomic E-state index is 15.6. The SMILES string of the molecule is CCCCCCCCCCCC(=O)OC[C@H](F)C1O[C@@H](OP(=O)(O)OP(O)(=S)OC[C@H]2O[C@@H](c3noc4c(N)ncnc34)C(O)[C@H]2O)[C@H](OC(C)=O)C(C)[C@@H]1C. The number of phosphoric ester groups is 1. The number of unbranched alkanes of at least 4 members (excludes halogenated alkanes) is 8. The summed E-state index contributed by atoms with van der Waals surface area (Å²) >= 11 is 4.90. The van der Waals surface area contributed by atoms with Gasteiger partial charge in [-0.2, -0.15) is 0 Å². The van der Waals surface area contributed by atoms with Crippen molar-refractivity contribution >= 4 is 55.2 Å². The Morgan fingerprint density at radius 3 is 2.34 bits per heavy atom. The molecule has 2 aliphatic rings. The fourth-order valence-electron chi connectivity index (χ4n) is 6.55. The van der Waals surface area contributed by atoms with E-state index in [0.29, 0.717) is 6.42 Å². The summed E-state index contributed by atoms with van der Waals surface area (Å²) in [7, 11) is -5.45. The van der Waals surface area contributed by atoms with E-state index in [4.69, 9.17) is 54.4 Å². The molecule has 23 heteroatoms. The number of nitrogens with zero attached hydrogens (tertiary/aromatic N) is 3. The predicted octanol–water partition coefficient (Wildman–Crippen LogP) is 4.46. The normalized spacial score (nSPS) is 29.4. The minimum atomic E-state index is -5.45. The second-order valence-electron chi connectivity index (χ2n) is 14.0. The summed E-state index contributed by atoms with van der Waals surface area (Å²) in [5.74, 6) is -2.81. The summed E-state index contributed by atoms with van der Waals surface area (Å²) < 4.78 is 70.9. The van der Waals surface area contributed by atoms with Crippen LogP contribution in [0.3, 0.4) is 0 Å². The minimum absolute atomic E-state index is 0.0172. The van der Waals surface area contributed by atoms with Crippen molar-refractivity contribution in [2.75, 3.05) is 18.9 Å². The van der Waals surface area contributed by atoms with Crippen LogP contribution < -0.4 is 5.73 Å². The molecule has 0 radical (unpaired) electrons. The lowest BCUT2D eigenvalue weighted by atomic mass is 9.82. The highest BCUT2D eigenvalue weighted by Crippen LogP contribution is 2.62. The fraction of sp³-hybridized carbons (Fsp3) is 0.788. The molecule has 12 atom stereocenters. The van der Waals surface area contributed by atoms with Gasteiger partial charge < -0.3 is 53.7 Å². The molecule has 0 spiro atoms. The first kappa shape index (κ1) is 46.4. The maximum Gasteiger partial charge on any atom is 0.481 e.